The highest BCUT2D eigenvalue weighted by atomic mass is 16.3. The second-order valence-corrected chi connectivity index (χ2v) is 6.41. The number of nitrogens with two attached hydrogens (primary N) is 1. The maximum absolute atomic E-state index is 12.3. The zero-order valence-corrected chi connectivity index (χ0v) is 15.8. The number of unbranched alkanes of at least 4 members (excludes halogenated alkanes) is 2. The van der Waals surface area contributed by atoms with E-state index in [9.17, 15) is 19.5 Å². The molecule has 1 aromatic carbocycles. The third-order valence-electron chi connectivity index (χ3n) is 4.04. The van der Waals surface area contributed by atoms with Crippen molar-refractivity contribution >= 4 is 17.7 Å². The van der Waals surface area contributed by atoms with Crippen LogP contribution in [-0.2, 0) is 20.8 Å². The first-order valence-electron chi connectivity index (χ1n) is 9.20. The van der Waals surface area contributed by atoms with Crippen LogP contribution in [0.25, 0.3) is 0 Å². The van der Waals surface area contributed by atoms with E-state index in [-0.39, 0.29) is 18.1 Å². The van der Waals surface area contributed by atoms with Crippen LogP contribution < -0.4 is 21.7 Å². The first-order valence-corrected chi connectivity index (χ1v) is 9.20. The first kappa shape index (κ1) is 22.4. The van der Waals surface area contributed by atoms with Gasteiger partial charge in [-0.25, -0.2) is 0 Å². The average Bonchev–Trinajstić information content (AvgIpc) is 2.62. The van der Waals surface area contributed by atoms with Gasteiger partial charge in [0, 0.05) is 13.0 Å². The van der Waals surface area contributed by atoms with Gasteiger partial charge in [-0.05, 0) is 50.6 Å². The van der Waals surface area contributed by atoms with Gasteiger partial charge in [0.15, 0.2) is 0 Å². The molecule has 0 fully saturated rings. The summed E-state index contributed by atoms with van der Waals surface area (Å²) >= 11 is 0. The van der Waals surface area contributed by atoms with Crippen LogP contribution in [0.2, 0.25) is 0 Å². The lowest BCUT2D eigenvalue weighted by Crippen LogP contribution is -2.48. The van der Waals surface area contributed by atoms with Crippen molar-refractivity contribution < 1.29 is 19.5 Å². The number of phenols is 1. The van der Waals surface area contributed by atoms with Gasteiger partial charge in [0.2, 0.25) is 17.7 Å². The fourth-order valence-electron chi connectivity index (χ4n) is 2.56. The van der Waals surface area contributed by atoms with E-state index in [1.807, 2.05) is 7.05 Å². The number of hydrogen-bond donors (Lipinski definition) is 5. The Morgan fingerprint density at radius 2 is 1.78 bits per heavy atom. The highest BCUT2D eigenvalue weighted by molar-refractivity contribution is 5.91. The number of phenolic OH excluding ortho intramolecular Hbond substituents is 1. The fraction of sp³-hybridized carbons (Fsp3) is 0.526. The van der Waals surface area contributed by atoms with Crippen LogP contribution >= 0.6 is 0 Å². The lowest BCUT2D eigenvalue weighted by atomic mass is 10.1. The Labute approximate surface area is 159 Å². The molecule has 0 aromatic heterocycles. The summed E-state index contributed by atoms with van der Waals surface area (Å²) in [5.74, 6) is -1.17. The van der Waals surface area contributed by atoms with Gasteiger partial charge in [-0.3, -0.25) is 14.4 Å². The largest absolute Gasteiger partial charge is 0.508 e. The van der Waals surface area contributed by atoms with Crippen molar-refractivity contribution in [2.24, 2.45) is 5.73 Å². The number of primary amides is 1. The minimum Gasteiger partial charge on any atom is -0.508 e. The van der Waals surface area contributed by atoms with Crippen molar-refractivity contribution in [1.29, 1.82) is 0 Å². The van der Waals surface area contributed by atoms with E-state index >= 15 is 0 Å². The third kappa shape index (κ3) is 10.2. The molecule has 0 saturated heterocycles. The summed E-state index contributed by atoms with van der Waals surface area (Å²) in [7, 11) is 1.88. The third-order valence-corrected chi connectivity index (χ3v) is 4.04. The molecule has 0 aliphatic heterocycles. The number of benzene rings is 1. The van der Waals surface area contributed by atoms with Crippen molar-refractivity contribution in [2.75, 3.05) is 20.1 Å². The molecule has 0 spiro atoms. The maximum atomic E-state index is 12.3. The lowest BCUT2D eigenvalue weighted by Gasteiger charge is -2.17. The number of aromatic hydroxyl groups is 1. The Morgan fingerprint density at radius 3 is 2.41 bits per heavy atom. The standard InChI is InChI=1S/C19H30N4O4/c1-21-11-4-2-3-5-18(26)23-16(13-17(20)25)19(27)22-12-10-14-6-8-15(24)9-7-14/h6-9,16,21,24H,2-5,10-13H2,1H3,(H2,20,25)(H,22,27)(H,23,26)/t16-/m1/s1. The summed E-state index contributed by atoms with van der Waals surface area (Å²) in [5.41, 5.74) is 6.14. The Hall–Kier alpha value is -2.61. The smallest absolute Gasteiger partial charge is 0.243 e. The Morgan fingerprint density at radius 1 is 1.07 bits per heavy atom. The summed E-state index contributed by atoms with van der Waals surface area (Å²) in [6.07, 6.45) is 3.24. The molecule has 1 aromatic rings. The van der Waals surface area contributed by atoms with E-state index in [2.05, 4.69) is 16.0 Å². The van der Waals surface area contributed by atoms with E-state index in [0.717, 1.165) is 31.4 Å². The topological polar surface area (TPSA) is 134 Å². The molecule has 0 radical (unpaired) electrons. The van der Waals surface area contributed by atoms with Crippen molar-refractivity contribution in [2.45, 2.75) is 44.6 Å². The van der Waals surface area contributed by atoms with Gasteiger partial charge in [0.25, 0.3) is 0 Å². The number of carbonyl (C=O) groups excluding carboxylic acids is 3. The van der Waals surface area contributed by atoms with Gasteiger partial charge in [0.1, 0.15) is 11.8 Å². The molecule has 6 N–H and O–H groups in total. The molecule has 27 heavy (non-hydrogen) atoms. The summed E-state index contributed by atoms with van der Waals surface area (Å²) in [5, 5.41) is 17.6. The second-order valence-electron chi connectivity index (χ2n) is 6.41. The van der Waals surface area contributed by atoms with Crippen LogP contribution in [-0.4, -0.2) is 49.0 Å². The molecule has 0 saturated carbocycles. The monoisotopic (exact) mass is 378 g/mol. The fourth-order valence-corrected chi connectivity index (χ4v) is 2.56. The molecular weight excluding hydrogens is 348 g/mol. The number of carbonyl (C=O) groups is 3. The molecule has 0 aliphatic rings. The normalized spacial score (nSPS) is 11.6. The summed E-state index contributed by atoms with van der Waals surface area (Å²) in [4.78, 5) is 35.5. The van der Waals surface area contributed by atoms with Crippen molar-refractivity contribution in [3.63, 3.8) is 0 Å². The SMILES string of the molecule is CNCCCCCC(=O)N[C@H](CC(N)=O)C(=O)NCCc1ccc(O)cc1. The molecule has 3 amide bonds. The molecule has 0 heterocycles. The molecule has 0 unspecified atom stereocenters. The van der Waals surface area contributed by atoms with Crippen molar-refractivity contribution in [1.82, 2.24) is 16.0 Å². The molecule has 8 heteroatoms. The summed E-state index contributed by atoms with van der Waals surface area (Å²) in [6.45, 7) is 1.24. The molecule has 0 aliphatic carbocycles. The average molecular weight is 378 g/mol. The van der Waals surface area contributed by atoms with E-state index in [0.29, 0.717) is 19.4 Å². The van der Waals surface area contributed by atoms with Crippen LogP contribution in [0.4, 0.5) is 0 Å². The van der Waals surface area contributed by atoms with Gasteiger partial charge in [0.05, 0.1) is 6.42 Å². The number of amides is 3. The number of nitrogens with one attached hydrogen (secondary N) is 3. The van der Waals surface area contributed by atoms with E-state index in [1.165, 1.54) is 0 Å². The van der Waals surface area contributed by atoms with Gasteiger partial charge < -0.3 is 26.8 Å². The van der Waals surface area contributed by atoms with E-state index in [4.69, 9.17) is 5.73 Å². The molecule has 0 bridgehead atoms. The van der Waals surface area contributed by atoms with Gasteiger partial charge in [-0.2, -0.15) is 0 Å². The van der Waals surface area contributed by atoms with Gasteiger partial charge >= 0.3 is 0 Å². The van der Waals surface area contributed by atoms with Crippen molar-refractivity contribution in [3.8, 4) is 5.75 Å². The van der Waals surface area contributed by atoms with Gasteiger partial charge in [-0.1, -0.05) is 18.6 Å². The first-order chi connectivity index (χ1) is 12.9. The second kappa shape index (κ2) is 12.7. The molecule has 1 atom stereocenters. The highest BCUT2D eigenvalue weighted by Gasteiger charge is 2.22. The zero-order chi connectivity index (χ0) is 20.1. The van der Waals surface area contributed by atoms with Crippen LogP contribution in [0.3, 0.4) is 0 Å². The Kier molecular flexibility index (Phi) is 10.5. The predicted molar refractivity (Wildman–Crippen MR) is 103 cm³/mol. The minimum absolute atomic E-state index is 0.179. The maximum Gasteiger partial charge on any atom is 0.243 e. The van der Waals surface area contributed by atoms with Crippen molar-refractivity contribution in [3.05, 3.63) is 29.8 Å². The van der Waals surface area contributed by atoms with E-state index in [1.54, 1.807) is 24.3 Å². The summed E-state index contributed by atoms with van der Waals surface area (Å²) in [6, 6.07) is 5.71. The lowest BCUT2D eigenvalue weighted by molar-refractivity contribution is -0.131. The molecule has 150 valence electrons. The minimum atomic E-state index is -0.966. The molecule has 8 nitrogen and oxygen atoms in total. The zero-order valence-electron chi connectivity index (χ0n) is 15.8. The predicted octanol–water partition coefficient (Wildman–Crippen LogP) is 0.191. The van der Waals surface area contributed by atoms with Crippen LogP contribution in [0.1, 0.15) is 37.7 Å². The highest BCUT2D eigenvalue weighted by Crippen LogP contribution is 2.09. The van der Waals surface area contributed by atoms with E-state index < -0.39 is 17.9 Å². The molecule has 1 rings (SSSR count). The van der Waals surface area contributed by atoms with Crippen LogP contribution in [0.5, 0.6) is 5.75 Å². The van der Waals surface area contributed by atoms with Gasteiger partial charge in [-0.15, -0.1) is 0 Å². The molecular formula is C19H30N4O4. The quantitative estimate of drug-likeness (QED) is 0.313. The number of hydrogen-bond acceptors (Lipinski definition) is 5. The van der Waals surface area contributed by atoms with Crippen LogP contribution in [0.15, 0.2) is 24.3 Å². The van der Waals surface area contributed by atoms with Crippen LogP contribution in [0, 0.1) is 0 Å². The summed E-state index contributed by atoms with van der Waals surface area (Å²) < 4.78 is 0. The Bertz CT molecular complexity index is 604. The Balaban J connectivity index is 2.41. The number of rotatable bonds is 13.